The van der Waals surface area contributed by atoms with E-state index in [2.05, 4.69) is 0 Å². The molecule has 0 spiro atoms. The van der Waals surface area contributed by atoms with Crippen molar-refractivity contribution in [2.45, 2.75) is 17.5 Å². The smallest absolute Gasteiger partial charge is 0.416 e. The van der Waals surface area contributed by atoms with Gasteiger partial charge in [-0.15, -0.1) is 0 Å². The van der Waals surface area contributed by atoms with Crippen molar-refractivity contribution in [1.82, 2.24) is 0 Å². The van der Waals surface area contributed by atoms with Crippen molar-refractivity contribution in [1.29, 1.82) is 0 Å². The van der Waals surface area contributed by atoms with Crippen LogP contribution in [-0.4, -0.2) is 19.5 Å². The molecule has 1 rings (SSSR count). The number of rotatable bonds is 3. The van der Waals surface area contributed by atoms with Crippen molar-refractivity contribution < 1.29 is 31.5 Å². The van der Waals surface area contributed by atoms with Crippen LogP contribution < -0.4 is 0 Å². The van der Waals surface area contributed by atoms with Crippen LogP contribution in [0.2, 0.25) is 0 Å². The zero-order valence-electron chi connectivity index (χ0n) is 8.53. The van der Waals surface area contributed by atoms with Crippen LogP contribution in [0.15, 0.2) is 23.1 Å². The molecule has 0 unspecified atom stereocenters. The SMILES string of the molecule is O=C(O)Cc1ccc(C(F)(F)F)cc1S(=O)(=O)Cl. The van der Waals surface area contributed by atoms with Crippen molar-refractivity contribution >= 4 is 25.7 Å². The van der Waals surface area contributed by atoms with Gasteiger partial charge in [-0.05, 0) is 17.7 Å². The largest absolute Gasteiger partial charge is 0.481 e. The van der Waals surface area contributed by atoms with Crippen molar-refractivity contribution in [3.05, 3.63) is 29.3 Å². The lowest BCUT2D eigenvalue weighted by atomic mass is 10.1. The van der Waals surface area contributed by atoms with E-state index in [1.165, 1.54) is 0 Å². The van der Waals surface area contributed by atoms with E-state index in [0.29, 0.717) is 12.1 Å². The topological polar surface area (TPSA) is 71.4 Å². The molecule has 0 aliphatic rings. The Morgan fingerprint density at radius 1 is 1.33 bits per heavy atom. The number of alkyl halides is 3. The molecule has 0 saturated heterocycles. The minimum Gasteiger partial charge on any atom is -0.481 e. The Kier molecular flexibility index (Phi) is 3.92. The maximum absolute atomic E-state index is 12.4. The van der Waals surface area contributed by atoms with Gasteiger partial charge in [0.05, 0.1) is 16.9 Å². The third-order valence-electron chi connectivity index (χ3n) is 2.00. The molecular formula is C9H6ClF3O4S. The number of carboxylic acid groups (broad SMARTS) is 1. The first-order valence-electron chi connectivity index (χ1n) is 4.38. The molecule has 0 heterocycles. The minimum absolute atomic E-state index is 0.300. The first kappa shape index (κ1) is 14.8. The lowest BCUT2D eigenvalue weighted by Gasteiger charge is -2.10. The van der Waals surface area contributed by atoms with E-state index in [0.717, 1.165) is 6.07 Å². The molecule has 0 radical (unpaired) electrons. The maximum atomic E-state index is 12.4. The average molecular weight is 303 g/mol. The van der Waals surface area contributed by atoms with Crippen LogP contribution in [0, 0.1) is 0 Å². The van der Waals surface area contributed by atoms with Crippen LogP contribution in [-0.2, 0) is 26.4 Å². The van der Waals surface area contributed by atoms with E-state index in [9.17, 15) is 26.4 Å². The lowest BCUT2D eigenvalue weighted by molar-refractivity contribution is -0.137. The number of hydrogen-bond acceptors (Lipinski definition) is 3. The summed E-state index contributed by atoms with van der Waals surface area (Å²) in [6.45, 7) is 0. The molecule has 9 heteroatoms. The van der Waals surface area contributed by atoms with Gasteiger partial charge in [-0.2, -0.15) is 13.2 Å². The fourth-order valence-corrected chi connectivity index (χ4v) is 2.42. The molecule has 0 aromatic heterocycles. The number of halogens is 4. The van der Waals surface area contributed by atoms with Crippen molar-refractivity contribution in [3.8, 4) is 0 Å². The molecule has 1 aromatic rings. The van der Waals surface area contributed by atoms with Gasteiger partial charge in [0.2, 0.25) is 0 Å². The lowest BCUT2D eigenvalue weighted by Crippen LogP contribution is -2.10. The fraction of sp³-hybridized carbons (Fsp3) is 0.222. The second-order valence-corrected chi connectivity index (χ2v) is 5.86. The zero-order valence-corrected chi connectivity index (χ0v) is 10.1. The van der Waals surface area contributed by atoms with Gasteiger partial charge in [-0.25, -0.2) is 8.42 Å². The quantitative estimate of drug-likeness (QED) is 0.869. The van der Waals surface area contributed by atoms with Gasteiger partial charge in [-0.3, -0.25) is 4.79 Å². The minimum atomic E-state index is -4.74. The van der Waals surface area contributed by atoms with Crippen LogP contribution >= 0.6 is 10.7 Å². The molecule has 100 valence electrons. The van der Waals surface area contributed by atoms with Crippen molar-refractivity contribution in [2.75, 3.05) is 0 Å². The Hall–Kier alpha value is -1.28. The highest BCUT2D eigenvalue weighted by atomic mass is 35.7. The summed E-state index contributed by atoms with van der Waals surface area (Å²) in [5.41, 5.74) is -1.51. The average Bonchev–Trinajstić information content (AvgIpc) is 2.13. The molecule has 1 aromatic carbocycles. The van der Waals surface area contributed by atoms with Crippen molar-refractivity contribution in [3.63, 3.8) is 0 Å². The zero-order chi connectivity index (χ0) is 14.1. The first-order chi connectivity index (χ1) is 8.01. The summed E-state index contributed by atoms with van der Waals surface area (Å²) in [5, 5.41) is 8.53. The van der Waals surface area contributed by atoms with E-state index >= 15 is 0 Å². The van der Waals surface area contributed by atoms with E-state index in [1.807, 2.05) is 0 Å². The Labute approximate surface area is 104 Å². The molecule has 0 bridgehead atoms. The predicted molar refractivity (Wildman–Crippen MR) is 55.8 cm³/mol. The number of benzene rings is 1. The second-order valence-electron chi connectivity index (χ2n) is 3.33. The normalized spacial score (nSPS) is 12.4. The molecule has 0 saturated carbocycles. The van der Waals surface area contributed by atoms with Gasteiger partial charge in [-0.1, -0.05) is 6.07 Å². The van der Waals surface area contributed by atoms with Gasteiger partial charge in [0.15, 0.2) is 0 Å². The second kappa shape index (κ2) is 4.77. The third kappa shape index (κ3) is 3.61. The molecule has 18 heavy (non-hydrogen) atoms. The van der Waals surface area contributed by atoms with Gasteiger partial charge in [0, 0.05) is 10.7 Å². The van der Waals surface area contributed by atoms with Gasteiger partial charge in [0.25, 0.3) is 9.05 Å². The Bertz CT molecular complexity index is 580. The van der Waals surface area contributed by atoms with Gasteiger partial charge >= 0.3 is 12.1 Å². The number of aliphatic carboxylic acids is 1. The molecule has 4 nitrogen and oxygen atoms in total. The Balaban J connectivity index is 3.44. The van der Waals surface area contributed by atoms with E-state index in [1.54, 1.807) is 0 Å². The highest BCUT2D eigenvalue weighted by Gasteiger charge is 2.32. The van der Waals surface area contributed by atoms with Gasteiger partial charge < -0.3 is 5.11 Å². The number of carbonyl (C=O) groups is 1. The molecule has 0 atom stereocenters. The van der Waals surface area contributed by atoms with E-state index in [-0.39, 0.29) is 5.56 Å². The van der Waals surface area contributed by atoms with Crippen LogP contribution in [0.1, 0.15) is 11.1 Å². The van der Waals surface area contributed by atoms with E-state index < -0.39 is 38.1 Å². The molecular weight excluding hydrogens is 297 g/mol. The van der Waals surface area contributed by atoms with Crippen molar-refractivity contribution in [2.24, 2.45) is 0 Å². The molecule has 0 fully saturated rings. The van der Waals surface area contributed by atoms with E-state index in [4.69, 9.17) is 15.8 Å². The summed E-state index contributed by atoms with van der Waals surface area (Å²) < 4.78 is 59.4. The van der Waals surface area contributed by atoms with Crippen LogP contribution in [0.5, 0.6) is 0 Å². The molecule has 0 aliphatic heterocycles. The van der Waals surface area contributed by atoms with Crippen LogP contribution in [0.25, 0.3) is 0 Å². The summed E-state index contributed by atoms with van der Waals surface area (Å²) in [7, 11) is 0.528. The maximum Gasteiger partial charge on any atom is 0.416 e. The first-order valence-corrected chi connectivity index (χ1v) is 6.69. The summed E-state index contributed by atoms with van der Waals surface area (Å²) >= 11 is 0. The summed E-state index contributed by atoms with van der Waals surface area (Å²) in [4.78, 5) is 9.62. The van der Waals surface area contributed by atoms with Crippen LogP contribution in [0.3, 0.4) is 0 Å². The predicted octanol–water partition coefficient (Wildman–Crippen LogP) is 2.26. The number of carboxylic acids is 1. The number of hydrogen-bond donors (Lipinski definition) is 1. The Morgan fingerprint density at radius 2 is 1.89 bits per heavy atom. The summed E-state index contributed by atoms with van der Waals surface area (Å²) in [6, 6.07) is 1.71. The molecule has 1 N–H and O–H groups in total. The third-order valence-corrected chi connectivity index (χ3v) is 3.40. The summed E-state index contributed by atoms with van der Waals surface area (Å²) in [6.07, 6.45) is -5.47. The molecule has 0 aliphatic carbocycles. The highest BCUT2D eigenvalue weighted by molar-refractivity contribution is 8.13. The summed E-state index contributed by atoms with van der Waals surface area (Å²) in [5.74, 6) is -1.38. The molecule has 0 amide bonds. The monoisotopic (exact) mass is 302 g/mol. The van der Waals surface area contributed by atoms with Gasteiger partial charge in [0.1, 0.15) is 0 Å². The standard InChI is InChI=1S/C9H6ClF3O4S/c10-18(16,17)7-4-6(9(11,12)13)2-1-5(7)3-8(14)15/h1-2,4H,3H2,(H,14,15). The van der Waals surface area contributed by atoms with Crippen LogP contribution in [0.4, 0.5) is 13.2 Å². The highest BCUT2D eigenvalue weighted by Crippen LogP contribution is 2.32. The Morgan fingerprint density at radius 3 is 2.28 bits per heavy atom. The fourth-order valence-electron chi connectivity index (χ4n) is 1.27.